The van der Waals surface area contributed by atoms with Crippen LogP contribution in [-0.2, 0) is 4.57 Å². The molecule has 0 saturated carbocycles. The van der Waals surface area contributed by atoms with E-state index in [2.05, 4.69) is 71.1 Å². The van der Waals surface area contributed by atoms with Gasteiger partial charge >= 0.3 is 0 Å². The van der Waals surface area contributed by atoms with Gasteiger partial charge in [-0.15, -0.1) is 0 Å². The maximum Gasteiger partial charge on any atom is 0.146 e. The molecule has 0 aliphatic carbocycles. The zero-order valence-electron chi connectivity index (χ0n) is 16.3. The molecule has 2 heterocycles. The first-order valence-corrected chi connectivity index (χ1v) is 12.3. The maximum atomic E-state index is 12.8. The smallest absolute Gasteiger partial charge is 0.146 e. The van der Waals surface area contributed by atoms with Crippen molar-refractivity contribution in [2.45, 2.75) is 0 Å². The Hall–Kier alpha value is -3.16. The van der Waals surface area contributed by atoms with E-state index in [9.17, 15) is 4.57 Å². The lowest BCUT2D eigenvalue weighted by Gasteiger charge is -2.13. The van der Waals surface area contributed by atoms with Gasteiger partial charge in [-0.2, -0.15) is 0 Å². The SMILES string of the molecule is CP(C)(=O)c1ccc2c(c1)c1cc3ccccc3cc1n1c3ccccc3nc21. The third-order valence-corrected chi connectivity index (χ3v) is 7.34. The summed E-state index contributed by atoms with van der Waals surface area (Å²) in [6.45, 7) is 3.65. The average Bonchev–Trinajstić information content (AvgIpc) is 3.11. The largest absolute Gasteiger partial charge is 0.319 e. The Morgan fingerprint density at radius 3 is 2.24 bits per heavy atom. The highest BCUT2D eigenvalue weighted by Crippen LogP contribution is 2.39. The number of fused-ring (bicyclic) bond motifs is 9. The summed E-state index contributed by atoms with van der Waals surface area (Å²) in [5.41, 5.74) is 4.15. The van der Waals surface area contributed by atoms with Gasteiger partial charge in [0, 0.05) is 16.1 Å². The fraction of sp³-hybridized carbons (Fsp3) is 0.0800. The van der Waals surface area contributed by atoms with E-state index in [4.69, 9.17) is 4.98 Å². The van der Waals surface area contributed by atoms with Crippen LogP contribution in [0.25, 0.3) is 49.1 Å². The van der Waals surface area contributed by atoms with Gasteiger partial charge in [-0.1, -0.05) is 42.5 Å². The average molecular weight is 394 g/mol. The number of pyridine rings is 1. The standard InChI is InChI=1S/C25H19N2OP/c1-29(2,28)18-11-12-19-20(15-18)21-13-16-7-3-4-8-17(16)14-24(21)27-23-10-6-5-9-22(23)26-25(19)27/h3-15H,1-2H3. The third kappa shape index (κ3) is 2.38. The number of para-hydroxylation sites is 2. The van der Waals surface area contributed by atoms with Crippen LogP contribution in [0.3, 0.4) is 0 Å². The summed E-state index contributed by atoms with van der Waals surface area (Å²) in [6, 6.07) is 27.4. The molecular weight excluding hydrogens is 375 g/mol. The van der Waals surface area contributed by atoms with Crippen molar-refractivity contribution in [1.82, 2.24) is 9.38 Å². The van der Waals surface area contributed by atoms with Crippen molar-refractivity contribution in [2.75, 3.05) is 13.3 Å². The minimum atomic E-state index is -2.36. The first-order valence-electron chi connectivity index (χ1n) is 9.72. The Kier molecular flexibility index (Phi) is 3.29. The molecule has 0 amide bonds. The van der Waals surface area contributed by atoms with Crippen molar-refractivity contribution in [2.24, 2.45) is 0 Å². The van der Waals surface area contributed by atoms with Crippen LogP contribution in [0.1, 0.15) is 0 Å². The van der Waals surface area contributed by atoms with E-state index in [1.165, 1.54) is 10.8 Å². The second-order valence-electron chi connectivity index (χ2n) is 8.06. The molecule has 0 atom stereocenters. The molecule has 3 nitrogen and oxygen atoms in total. The molecule has 0 aliphatic heterocycles. The van der Waals surface area contributed by atoms with E-state index in [0.717, 1.165) is 43.7 Å². The molecule has 0 N–H and O–H groups in total. The molecule has 6 rings (SSSR count). The number of hydrogen-bond donors (Lipinski definition) is 0. The summed E-state index contributed by atoms with van der Waals surface area (Å²) in [7, 11) is -2.36. The van der Waals surface area contributed by atoms with Gasteiger partial charge in [0.15, 0.2) is 0 Å². The predicted molar refractivity (Wildman–Crippen MR) is 124 cm³/mol. The first-order chi connectivity index (χ1) is 14.0. The molecule has 140 valence electrons. The Morgan fingerprint density at radius 2 is 1.45 bits per heavy atom. The van der Waals surface area contributed by atoms with Gasteiger partial charge in [0.25, 0.3) is 0 Å². The van der Waals surface area contributed by atoms with Gasteiger partial charge in [0.1, 0.15) is 12.8 Å². The van der Waals surface area contributed by atoms with E-state index in [0.29, 0.717) is 0 Å². The van der Waals surface area contributed by atoms with Crippen LogP contribution in [-0.4, -0.2) is 22.7 Å². The molecule has 6 aromatic rings. The highest BCUT2D eigenvalue weighted by atomic mass is 31.2. The molecule has 0 bridgehead atoms. The normalized spacial score (nSPS) is 12.6. The van der Waals surface area contributed by atoms with Crippen molar-refractivity contribution in [3.8, 4) is 0 Å². The van der Waals surface area contributed by atoms with Crippen LogP contribution in [0.5, 0.6) is 0 Å². The zero-order valence-corrected chi connectivity index (χ0v) is 17.1. The molecule has 4 heteroatoms. The minimum absolute atomic E-state index is 0.903. The monoisotopic (exact) mass is 394 g/mol. The third-order valence-electron chi connectivity index (χ3n) is 5.82. The number of imidazole rings is 1. The summed E-state index contributed by atoms with van der Waals surface area (Å²) in [5, 5.41) is 6.65. The fourth-order valence-corrected chi connectivity index (χ4v) is 5.24. The lowest BCUT2D eigenvalue weighted by atomic mass is 10.0. The van der Waals surface area contributed by atoms with E-state index < -0.39 is 7.14 Å². The minimum Gasteiger partial charge on any atom is -0.319 e. The molecule has 2 aromatic heterocycles. The lowest BCUT2D eigenvalue weighted by molar-refractivity contribution is 0.588. The summed E-state index contributed by atoms with van der Waals surface area (Å²) >= 11 is 0. The van der Waals surface area contributed by atoms with Gasteiger partial charge in [-0.3, -0.25) is 4.40 Å². The van der Waals surface area contributed by atoms with Crippen molar-refractivity contribution >= 4 is 61.6 Å². The molecular formula is C25H19N2OP. The molecule has 0 spiro atoms. The summed E-state index contributed by atoms with van der Waals surface area (Å²) in [6.07, 6.45) is 0. The van der Waals surface area contributed by atoms with E-state index in [-0.39, 0.29) is 0 Å². The number of benzene rings is 4. The molecule has 0 radical (unpaired) electrons. The lowest BCUT2D eigenvalue weighted by Crippen LogP contribution is -2.03. The second-order valence-corrected chi connectivity index (χ2v) is 11.3. The Labute approximate surface area is 168 Å². The van der Waals surface area contributed by atoms with E-state index in [1.54, 1.807) is 0 Å². The van der Waals surface area contributed by atoms with E-state index in [1.807, 2.05) is 25.5 Å². The van der Waals surface area contributed by atoms with Crippen LogP contribution in [0.2, 0.25) is 0 Å². The van der Waals surface area contributed by atoms with Gasteiger partial charge < -0.3 is 4.57 Å². The highest BCUT2D eigenvalue weighted by molar-refractivity contribution is 7.70. The van der Waals surface area contributed by atoms with Gasteiger partial charge in [-0.25, -0.2) is 4.98 Å². The van der Waals surface area contributed by atoms with Gasteiger partial charge in [-0.05, 0) is 65.9 Å². The van der Waals surface area contributed by atoms with Crippen molar-refractivity contribution in [1.29, 1.82) is 0 Å². The molecule has 0 aliphatic rings. The van der Waals surface area contributed by atoms with E-state index >= 15 is 0 Å². The quantitative estimate of drug-likeness (QED) is 0.189. The van der Waals surface area contributed by atoms with Crippen LogP contribution in [0, 0.1) is 0 Å². The Morgan fingerprint density at radius 1 is 0.724 bits per heavy atom. The number of hydrogen-bond acceptors (Lipinski definition) is 2. The summed E-state index contributed by atoms with van der Waals surface area (Å²) in [4.78, 5) is 4.96. The summed E-state index contributed by atoms with van der Waals surface area (Å²) in [5.74, 6) is 0. The highest BCUT2D eigenvalue weighted by Gasteiger charge is 2.17. The molecule has 0 fully saturated rings. The van der Waals surface area contributed by atoms with Crippen LogP contribution >= 0.6 is 7.14 Å². The van der Waals surface area contributed by atoms with Crippen LogP contribution in [0.4, 0.5) is 0 Å². The first kappa shape index (κ1) is 16.8. The molecule has 0 saturated heterocycles. The molecule has 4 aromatic carbocycles. The summed E-state index contributed by atoms with van der Waals surface area (Å²) < 4.78 is 15.1. The van der Waals surface area contributed by atoms with Crippen molar-refractivity contribution in [3.05, 3.63) is 78.9 Å². The Bertz CT molecular complexity index is 1660. The van der Waals surface area contributed by atoms with Crippen molar-refractivity contribution in [3.63, 3.8) is 0 Å². The van der Waals surface area contributed by atoms with Gasteiger partial charge in [0.05, 0.1) is 16.6 Å². The second kappa shape index (κ2) is 5.68. The maximum absolute atomic E-state index is 12.8. The Balaban J connectivity index is 1.95. The number of aromatic nitrogens is 2. The zero-order chi connectivity index (χ0) is 19.8. The van der Waals surface area contributed by atoms with Crippen LogP contribution in [0.15, 0.2) is 78.9 Å². The number of nitrogens with zero attached hydrogens (tertiary/aromatic N) is 2. The topological polar surface area (TPSA) is 34.4 Å². The fourth-order valence-electron chi connectivity index (χ4n) is 4.36. The number of rotatable bonds is 1. The van der Waals surface area contributed by atoms with Gasteiger partial charge in [0.2, 0.25) is 0 Å². The van der Waals surface area contributed by atoms with Crippen LogP contribution < -0.4 is 5.30 Å². The predicted octanol–water partition coefficient (Wildman–Crippen LogP) is 6.20. The molecule has 29 heavy (non-hydrogen) atoms. The van der Waals surface area contributed by atoms with Crippen molar-refractivity contribution < 1.29 is 4.57 Å². The molecule has 0 unspecified atom stereocenters.